The van der Waals surface area contributed by atoms with Crippen LogP contribution in [0.25, 0.3) is 22.6 Å². The molecule has 2 aromatic carbocycles. The van der Waals surface area contributed by atoms with E-state index in [9.17, 15) is 4.79 Å². The number of para-hydroxylation sites is 1. The molecule has 0 fully saturated rings. The Kier molecular flexibility index (Phi) is 3.51. The van der Waals surface area contributed by atoms with Crippen LogP contribution in [0.5, 0.6) is 0 Å². The smallest absolute Gasteiger partial charge is 0.221 e. The molecule has 0 saturated heterocycles. The van der Waals surface area contributed by atoms with Gasteiger partial charge in [0.1, 0.15) is 5.82 Å². The van der Waals surface area contributed by atoms with Crippen LogP contribution in [0.2, 0.25) is 0 Å². The van der Waals surface area contributed by atoms with E-state index in [1.807, 2.05) is 60.8 Å². The molecule has 4 nitrogen and oxygen atoms in total. The van der Waals surface area contributed by atoms with Gasteiger partial charge in [-0.05, 0) is 6.07 Å². The standard InChI is InChI=1S/C17H15N3O/c1-12(21)19-15-10-6-5-9-14(15)16-11-18-17(20-16)13-7-3-2-4-8-13/h2-11H,1H3,(H,18,20)(H,19,21). The zero-order valence-corrected chi connectivity index (χ0v) is 11.6. The fraction of sp³-hybridized carbons (Fsp3) is 0.0588. The van der Waals surface area contributed by atoms with Gasteiger partial charge in [-0.3, -0.25) is 4.79 Å². The lowest BCUT2D eigenvalue weighted by Gasteiger charge is -2.07. The second-order valence-corrected chi connectivity index (χ2v) is 4.73. The van der Waals surface area contributed by atoms with E-state index in [0.717, 1.165) is 28.3 Å². The molecule has 1 heterocycles. The van der Waals surface area contributed by atoms with Gasteiger partial charge >= 0.3 is 0 Å². The van der Waals surface area contributed by atoms with Crippen molar-refractivity contribution in [3.8, 4) is 22.6 Å². The second-order valence-electron chi connectivity index (χ2n) is 4.73. The van der Waals surface area contributed by atoms with E-state index in [4.69, 9.17) is 0 Å². The summed E-state index contributed by atoms with van der Waals surface area (Å²) in [4.78, 5) is 19.1. The molecule has 0 unspecified atom stereocenters. The van der Waals surface area contributed by atoms with Gasteiger partial charge in [-0.2, -0.15) is 0 Å². The largest absolute Gasteiger partial charge is 0.344 e. The Labute approximate surface area is 122 Å². The summed E-state index contributed by atoms with van der Waals surface area (Å²) in [5, 5.41) is 2.83. The van der Waals surface area contributed by atoms with Gasteiger partial charge in [0.25, 0.3) is 0 Å². The quantitative estimate of drug-likeness (QED) is 0.767. The molecule has 0 aliphatic heterocycles. The van der Waals surface area contributed by atoms with E-state index in [2.05, 4.69) is 15.3 Å². The summed E-state index contributed by atoms with van der Waals surface area (Å²) < 4.78 is 0. The first kappa shape index (κ1) is 13.1. The average Bonchev–Trinajstić information content (AvgIpc) is 2.98. The summed E-state index contributed by atoms with van der Waals surface area (Å²) in [5.74, 6) is 0.712. The van der Waals surface area contributed by atoms with Gasteiger partial charge in [-0.25, -0.2) is 4.98 Å². The molecule has 3 rings (SSSR count). The summed E-state index contributed by atoms with van der Waals surface area (Å²) in [7, 11) is 0. The molecular formula is C17H15N3O. The predicted molar refractivity (Wildman–Crippen MR) is 83.8 cm³/mol. The van der Waals surface area contributed by atoms with E-state index in [-0.39, 0.29) is 5.91 Å². The normalized spacial score (nSPS) is 10.3. The number of aromatic amines is 1. The van der Waals surface area contributed by atoms with E-state index in [0.29, 0.717) is 0 Å². The molecule has 104 valence electrons. The number of carbonyl (C=O) groups excluding carboxylic acids is 1. The number of rotatable bonds is 3. The highest BCUT2D eigenvalue weighted by Crippen LogP contribution is 2.28. The number of aromatic nitrogens is 2. The first-order chi connectivity index (χ1) is 10.2. The second kappa shape index (κ2) is 5.63. The van der Waals surface area contributed by atoms with Crippen molar-refractivity contribution in [3.05, 3.63) is 60.8 Å². The molecule has 3 aromatic rings. The zero-order valence-electron chi connectivity index (χ0n) is 11.6. The summed E-state index contributed by atoms with van der Waals surface area (Å²) in [6, 6.07) is 17.6. The maximum atomic E-state index is 11.3. The van der Waals surface area contributed by atoms with Crippen LogP contribution in [0.4, 0.5) is 5.69 Å². The lowest BCUT2D eigenvalue weighted by atomic mass is 10.1. The highest BCUT2D eigenvalue weighted by molar-refractivity contribution is 5.93. The number of benzene rings is 2. The maximum Gasteiger partial charge on any atom is 0.221 e. The molecule has 21 heavy (non-hydrogen) atoms. The van der Waals surface area contributed by atoms with Gasteiger partial charge < -0.3 is 10.3 Å². The molecule has 0 spiro atoms. The van der Waals surface area contributed by atoms with E-state index < -0.39 is 0 Å². The van der Waals surface area contributed by atoms with Crippen molar-refractivity contribution in [1.29, 1.82) is 0 Å². The van der Waals surface area contributed by atoms with Crippen LogP contribution in [0.1, 0.15) is 6.92 Å². The predicted octanol–water partition coefficient (Wildman–Crippen LogP) is 3.70. The molecule has 0 radical (unpaired) electrons. The minimum atomic E-state index is -0.0960. The summed E-state index contributed by atoms with van der Waals surface area (Å²) in [5.41, 5.74) is 3.49. The number of hydrogen-bond acceptors (Lipinski definition) is 2. The topological polar surface area (TPSA) is 57.8 Å². The van der Waals surface area contributed by atoms with Crippen LogP contribution in [-0.2, 0) is 4.79 Å². The Balaban J connectivity index is 1.99. The summed E-state index contributed by atoms with van der Waals surface area (Å²) >= 11 is 0. The van der Waals surface area contributed by atoms with Crippen molar-refractivity contribution >= 4 is 11.6 Å². The Morgan fingerprint density at radius 1 is 1.05 bits per heavy atom. The Bertz CT molecular complexity index is 762. The van der Waals surface area contributed by atoms with Crippen LogP contribution >= 0.6 is 0 Å². The Morgan fingerprint density at radius 2 is 1.76 bits per heavy atom. The minimum absolute atomic E-state index is 0.0960. The summed E-state index contributed by atoms with van der Waals surface area (Å²) in [6.45, 7) is 1.50. The number of nitrogens with one attached hydrogen (secondary N) is 2. The third kappa shape index (κ3) is 2.84. The van der Waals surface area contributed by atoms with Gasteiger partial charge in [0.05, 0.1) is 11.4 Å². The van der Waals surface area contributed by atoms with Gasteiger partial charge in [0, 0.05) is 24.2 Å². The zero-order chi connectivity index (χ0) is 14.7. The lowest BCUT2D eigenvalue weighted by molar-refractivity contribution is -0.114. The third-order valence-electron chi connectivity index (χ3n) is 3.14. The van der Waals surface area contributed by atoms with Crippen LogP contribution in [-0.4, -0.2) is 15.9 Å². The Hall–Kier alpha value is -2.88. The van der Waals surface area contributed by atoms with E-state index >= 15 is 0 Å². The van der Waals surface area contributed by atoms with E-state index in [1.54, 1.807) is 0 Å². The molecule has 0 atom stereocenters. The van der Waals surface area contributed by atoms with Gasteiger partial charge in [-0.1, -0.05) is 48.5 Å². The number of carbonyl (C=O) groups is 1. The van der Waals surface area contributed by atoms with Crippen molar-refractivity contribution < 1.29 is 4.79 Å². The molecule has 0 aliphatic rings. The number of amides is 1. The first-order valence-electron chi connectivity index (χ1n) is 6.72. The fourth-order valence-corrected chi connectivity index (χ4v) is 2.21. The van der Waals surface area contributed by atoms with Gasteiger partial charge in [-0.15, -0.1) is 0 Å². The molecule has 2 N–H and O–H groups in total. The van der Waals surface area contributed by atoms with Crippen LogP contribution < -0.4 is 5.32 Å². The van der Waals surface area contributed by atoms with Crippen molar-refractivity contribution in [2.75, 3.05) is 5.32 Å². The van der Waals surface area contributed by atoms with Crippen molar-refractivity contribution in [2.24, 2.45) is 0 Å². The lowest BCUT2D eigenvalue weighted by Crippen LogP contribution is -2.06. The Morgan fingerprint density at radius 3 is 2.52 bits per heavy atom. The molecule has 1 amide bonds. The highest BCUT2D eigenvalue weighted by Gasteiger charge is 2.10. The highest BCUT2D eigenvalue weighted by atomic mass is 16.1. The third-order valence-corrected chi connectivity index (χ3v) is 3.14. The number of hydrogen-bond donors (Lipinski definition) is 2. The molecule has 0 saturated carbocycles. The summed E-state index contributed by atoms with van der Waals surface area (Å²) in [6.07, 6.45) is 1.85. The first-order valence-corrected chi connectivity index (χ1v) is 6.72. The molecule has 0 bridgehead atoms. The number of nitrogens with zero attached hydrogens (tertiary/aromatic N) is 1. The number of anilines is 1. The van der Waals surface area contributed by atoms with E-state index in [1.165, 1.54) is 6.92 Å². The SMILES string of the molecule is CC(=O)Nc1ccccc1-c1c[nH]c(-c2ccccc2)n1. The fourth-order valence-electron chi connectivity index (χ4n) is 2.21. The number of H-pyrrole nitrogens is 1. The van der Waals surface area contributed by atoms with Gasteiger partial charge in [0.15, 0.2) is 0 Å². The van der Waals surface area contributed by atoms with Crippen molar-refractivity contribution in [2.45, 2.75) is 6.92 Å². The average molecular weight is 277 g/mol. The monoisotopic (exact) mass is 277 g/mol. The van der Waals surface area contributed by atoms with Gasteiger partial charge in [0.2, 0.25) is 5.91 Å². The molecular weight excluding hydrogens is 262 g/mol. The van der Waals surface area contributed by atoms with Crippen LogP contribution in [0.3, 0.4) is 0 Å². The number of imidazole rings is 1. The molecule has 4 heteroatoms. The molecule has 0 aliphatic carbocycles. The van der Waals surface area contributed by atoms with Crippen LogP contribution in [0, 0.1) is 0 Å². The maximum absolute atomic E-state index is 11.3. The van der Waals surface area contributed by atoms with Crippen molar-refractivity contribution in [1.82, 2.24) is 9.97 Å². The minimum Gasteiger partial charge on any atom is -0.344 e. The van der Waals surface area contributed by atoms with Crippen molar-refractivity contribution in [3.63, 3.8) is 0 Å². The molecule has 1 aromatic heterocycles. The van der Waals surface area contributed by atoms with Crippen LogP contribution in [0.15, 0.2) is 60.8 Å².